The molecule has 4 nitrogen and oxygen atoms in total. The van der Waals surface area contributed by atoms with Gasteiger partial charge in [-0.2, -0.15) is 0 Å². The maximum Gasteiger partial charge on any atom is 0.251 e. The molecule has 2 saturated carbocycles. The first-order chi connectivity index (χ1) is 9.93. The van der Waals surface area contributed by atoms with Gasteiger partial charge < -0.3 is 5.32 Å². The molecule has 3 unspecified atom stereocenters. The van der Waals surface area contributed by atoms with Gasteiger partial charge >= 0.3 is 0 Å². The summed E-state index contributed by atoms with van der Waals surface area (Å²) >= 11 is 0. The Labute approximate surface area is 125 Å². The van der Waals surface area contributed by atoms with Gasteiger partial charge in [-0.15, -0.1) is 0 Å². The van der Waals surface area contributed by atoms with E-state index in [1.165, 1.54) is 37.8 Å². The highest BCUT2D eigenvalue weighted by atomic mass is 32.2. The van der Waals surface area contributed by atoms with E-state index in [1.54, 1.807) is 12.1 Å². The Morgan fingerprint density at radius 2 is 2.10 bits per heavy atom. The Balaban J connectivity index is 1.63. The molecule has 2 bridgehead atoms. The van der Waals surface area contributed by atoms with Crippen LogP contribution in [0.4, 0.5) is 0 Å². The van der Waals surface area contributed by atoms with Gasteiger partial charge in [0.1, 0.15) is 0 Å². The van der Waals surface area contributed by atoms with Gasteiger partial charge in [-0.05, 0) is 55.2 Å². The highest BCUT2D eigenvalue weighted by Gasteiger charge is 2.39. The van der Waals surface area contributed by atoms with Crippen LogP contribution in [0.5, 0.6) is 0 Å². The SMILES string of the molecule is CS(=O)(=O)c1cccc(C(=O)NCC2CC3CCC2C3)c1. The van der Waals surface area contributed by atoms with Crippen molar-refractivity contribution in [2.45, 2.75) is 30.6 Å². The maximum absolute atomic E-state index is 12.2. The predicted molar refractivity (Wildman–Crippen MR) is 80.8 cm³/mol. The van der Waals surface area contributed by atoms with Gasteiger partial charge in [0.25, 0.3) is 5.91 Å². The van der Waals surface area contributed by atoms with Crippen molar-refractivity contribution in [2.75, 3.05) is 12.8 Å². The van der Waals surface area contributed by atoms with Crippen LogP contribution in [0.25, 0.3) is 0 Å². The number of carbonyl (C=O) groups excluding carboxylic acids is 1. The number of hydrogen-bond acceptors (Lipinski definition) is 3. The summed E-state index contributed by atoms with van der Waals surface area (Å²) in [5, 5.41) is 2.97. The molecule has 0 spiro atoms. The van der Waals surface area contributed by atoms with Gasteiger partial charge in [0.05, 0.1) is 4.90 Å². The lowest BCUT2D eigenvalue weighted by Crippen LogP contribution is -2.31. The summed E-state index contributed by atoms with van der Waals surface area (Å²) in [6.07, 6.45) is 6.36. The molecule has 3 rings (SSSR count). The molecule has 2 aliphatic rings. The Morgan fingerprint density at radius 1 is 1.29 bits per heavy atom. The molecule has 3 atom stereocenters. The Kier molecular flexibility index (Phi) is 3.78. The van der Waals surface area contributed by atoms with Gasteiger partial charge in [-0.25, -0.2) is 8.42 Å². The largest absolute Gasteiger partial charge is 0.352 e. The van der Waals surface area contributed by atoms with Crippen LogP contribution in [-0.2, 0) is 9.84 Å². The second-order valence-electron chi connectivity index (χ2n) is 6.44. The second kappa shape index (κ2) is 5.44. The van der Waals surface area contributed by atoms with Crippen molar-refractivity contribution < 1.29 is 13.2 Å². The van der Waals surface area contributed by atoms with Crippen molar-refractivity contribution in [3.8, 4) is 0 Å². The lowest BCUT2D eigenvalue weighted by atomic mass is 9.89. The van der Waals surface area contributed by atoms with Crippen molar-refractivity contribution in [2.24, 2.45) is 17.8 Å². The molecule has 1 aromatic carbocycles. The zero-order valence-corrected chi connectivity index (χ0v) is 13.0. The summed E-state index contributed by atoms with van der Waals surface area (Å²) in [5.41, 5.74) is 0.418. The van der Waals surface area contributed by atoms with Crippen molar-refractivity contribution in [1.82, 2.24) is 5.32 Å². The zero-order valence-electron chi connectivity index (χ0n) is 12.2. The molecule has 0 heterocycles. The molecular weight excluding hydrogens is 286 g/mol. The van der Waals surface area contributed by atoms with Crippen molar-refractivity contribution in [3.63, 3.8) is 0 Å². The molecule has 5 heteroatoms. The minimum Gasteiger partial charge on any atom is -0.352 e. The van der Waals surface area contributed by atoms with Crippen LogP contribution in [0.1, 0.15) is 36.0 Å². The monoisotopic (exact) mass is 307 g/mol. The Bertz CT molecular complexity index is 653. The van der Waals surface area contributed by atoms with Crippen molar-refractivity contribution in [3.05, 3.63) is 29.8 Å². The Hall–Kier alpha value is -1.36. The zero-order chi connectivity index (χ0) is 15.0. The van der Waals surface area contributed by atoms with E-state index < -0.39 is 9.84 Å². The Morgan fingerprint density at radius 3 is 2.71 bits per heavy atom. The third-order valence-corrected chi connectivity index (χ3v) is 6.04. The average Bonchev–Trinajstić information content (AvgIpc) is 3.06. The molecule has 1 amide bonds. The molecule has 0 saturated heterocycles. The number of rotatable bonds is 4. The first-order valence-electron chi connectivity index (χ1n) is 7.52. The minimum atomic E-state index is -3.28. The van der Waals surface area contributed by atoms with Crippen LogP contribution >= 0.6 is 0 Å². The van der Waals surface area contributed by atoms with Crippen LogP contribution < -0.4 is 5.32 Å². The second-order valence-corrected chi connectivity index (χ2v) is 8.46. The lowest BCUT2D eigenvalue weighted by molar-refractivity contribution is 0.0941. The van der Waals surface area contributed by atoms with Gasteiger partial charge in [0.2, 0.25) is 0 Å². The standard InChI is InChI=1S/C16H21NO3S/c1-21(19,20)15-4-2-3-13(9-15)16(18)17-10-14-8-11-5-6-12(14)7-11/h2-4,9,11-12,14H,5-8,10H2,1H3,(H,17,18). The summed E-state index contributed by atoms with van der Waals surface area (Å²) in [6, 6.07) is 6.24. The quantitative estimate of drug-likeness (QED) is 0.928. The van der Waals surface area contributed by atoms with Gasteiger partial charge in [0, 0.05) is 18.4 Å². The highest BCUT2D eigenvalue weighted by molar-refractivity contribution is 7.90. The first kappa shape index (κ1) is 14.6. The normalized spacial score (nSPS) is 27.8. The third kappa shape index (κ3) is 3.12. The summed E-state index contributed by atoms with van der Waals surface area (Å²) in [5.74, 6) is 2.07. The van der Waals surface area contributed by atoms with Crippen LogP contribution in [0.2, 0.25) is 0 Å². The van der Waals surface area contributed by atoms with Crippen molar-refractivity contribution >= 4 is 15.7 Å². The highest BCUT2D eigenvalue weighted by Crippen LogP contribution is 2.47. The first-order valence-corrected chi connectivity index (χ1v) is 9.41. The molecule has 2 fully saturated rings. The summed E-state index contributed by atoms with van der Waals surface area (Å²) in [4.78, 5) is 12.4. The van der Waals surface area contributed by atoms with E-state index in [0.717, 1.165) is 18.1 Å². The van der Waals surface area contributed by atoms with E-state index in [-0.39, 0.29) is 10.8 Å². The van der Waals surface area contributed by atoms with Crippen LogP contribution in [-0.4, -0.2) is 27.1 Å². The van der Waals surface area contributed by atoms with Crippen molar-refractivity contribution in [1.29, 1.82) is 0 Å². The number of benzene rings is 1. The molecular formula is C16H21NO3S. The molecule has 21 heavy (non-hydrogen) atoms. The van der Waals surface area contributed by atoms with E-state index in [0.29, 0.717) is 18.0 Å². The van der Waals surface area contributed by atoms with E-state index in [9.17, 15) is 13.2 Å². The number of sulfone groups is 1. The fraction of sp³-hybridized carbons (Fsp3) is 0.562. The van der Waals surface area contributed by atoms with Crippen LogP contribution in [0, 0.1) is 17.8 Å². The van der Waals surface area contributed by atoms with Gasteiger partial charge in [0.15, 0.2) is 9.84 Å². The summed E-state index contributed by atoms with van der Waals surface area (Å²) in [7, 11) is -3.28. The average molecular weight is 307 g/mol. The smallest absolute Gasteiger partial charge is 0.251 e. The fourth-order valence-electron chi connectivity index (χ4n) is 3.82. The molecule has 1 aromatic rings. The third-order valence-electron chi connectivity index (χ3n) is 4.93. The molecule has 0 radical (unpaired) electrons. The number of hydrogen-bond donors (Lipinski definition) is 1. The lowest BCUT2D eigenvalue weighted by Gasteiger charge is -2.21. The summed E-state index contributed by atoms with van der Waals surface area (Å²) < 4.78 is 23.1. The van der Waals surface area contributed by atoms with Crippen LogP contribution in [0.15, 0.2) is 29.2 Å². The van der Waals surface area contributed by atoms with E-state index in [4.69, 9.17) is 0 Å². The topological polar surface area (TPSA) is 63.2 Å². The van der Waals surface area contributed by atoms with E-state index >= 15 is 0 Å². The predicted octanol–water partition coefficient (Wildman–Crippen LogP) is 2.26. The molecule has 1 N–H and O–H groups in total. The van der Waals surface area contributed by atoms with E-state index in [1.807, 2.05) is 0 Å². The van der Waals surface area contributed by atoms with Gasteiger partial charge in [-0.3, -0.25) is 4.79 Å². The van der Waals surface area contributed by atoms with Gasteiger partial charge in [-0.1, -0.05) is 12.5 Å². The molecule has 2 aliphatic carbocycles. The fourth-order valence-corrected chi connectivity index (χ4v) is 4.49. The minimum absolute atomic E-state index is 0.178. The molecule has 0 aliphatic heterocycles. The summed E-state index contributed by atoms with van der Waals surface area (Å²) in [6.45, 7) is 0.711. The maximum atomic E-state index is 12.2. The van der Waals surface area contributed by atoms with E-state index in [2.05, 4.69) is 5.32 Å². The number of fused-ring (bicyclic) bond motifs is 2. The molecule has 114 valence electrons. The molecule has 0 aromatic heterocycles. The number of nitrogens with one attached hydrogen (secondary N) is 1. The number of amides is 1. The van der Waals surface area contributed by atoms with Crippen LogP contribution in [0.3, 0.4) is 0 Å². The number of carbonyl (C=O) groups is 1.